The van der Waals surface area contributed by atoms with E-state index in [0.29, 0.717) is 0 Å². The van der Waals surface area contributed by atoms with E-state index in [1.165, 1.54) is 6.42 Å². The molecular weight excluding hydrogens is 190 g/mol. The topological polar surface area (TPSA) is 43.7 Å². The van der Waals surface area contributed by atoms with Crippen LogP contribution in [-0.2, 0) is 0 Å². The minimum absolute atomic E-state index is 0.0775. The Hall–Kier alpha value is -0.120. The molecule has 3 nitrogen and oxygen atoms in total. The molecule has 3 heteroatoms. The zero-order valence-corrected chi connectivity index (χ0v) is 10.2. The van der Waals surface area contributed by atoms with Gasteiger partial charge in [-0.3, -0.25) is 0 Å². The Kier molecular flexibility index (Phi) is 4.56. The first kappa shape index (κ1) is 12.9. The van der Waals surface area contributed by atoms with Gasteiger partial charge in [0.15, 0.2) is 0 Å². The highest BCUT2D eigenvalue weighted by atomic mass is 16.3. The van der Waals surface area contributed by atoms with Crippen LogP contribution in [0.5, 0.6) is 0 Å². The van der Waals surface area contributed by atoms with Gasteiger partial charge in [0.2, 0.25) is 0 Å². The van der Waals surface area contributed by atoms with E-state index in [1.54, 1.807) is 0 Å². The molecule has 0 saturated heterocycles. The molecule has 1 aliphatic rings. The molecule has 0 aromatic rings. The summed E-state index contributed by atoms with van der Waals surface area (Å²) in [5, 5.41) is 19.1. The van der Waals surface area contributed by atoms with Gasteiger partial charge in [0.25, 0.3) is 0 Å². The van der Waals surface area contributed by atoms with Gasteiger partial charge in [-0.15, -0.1) is 0 Å². The Morgan fingerprint density at radius 1 is 1.27 bits per heavy atom. The van der Waals surface area contributed by atoms with E-state index in [0.717, 1.165) is 25.8 Å². The average Bonchev–Trinajstić information content (AvgIpc) is 2.17. The lowest BCUT2D eigenvalue weighted by atomic mass is 9.88. The van der Waals surface area contributed by atoms with Crippen molar-refractivity contribution in [3.8, 4) is 0 Å². The van der Waals surface area contributed by atoms with E-state index < -0.39 is 0 Å². The van der Waals surface area contributed by atoms with Crippen molar-refractivity contribution < 1.29 is 10.2 Å². The Morgan fingerprint density at radius 3 is 2.40 bits per heavy atom. The van der Waals surface area contributed by atoms with E-state index in [1.807, 2.05) is 0 Å². The molecular formula is C12H25NO2. The molecule has 1 rings (SSSR count). The molecule has 2 atom stereocenters. The van der Waals surface area contributed by atoms with Crippen molar-refractivity contribution in [3.05, 3.63) is 0 Å². The largest absolute Gasteiger partial charge is 0.396 e. The van der Waals surface area contributed by atoms with Crippen LogP contribution in [0.1, 0.15) is 39.5 Å². The summed E-state index contributed by atoms with van der Waals surface area (Å²) in [4.78, 5) is 2.21. The molecule has 2 N–H and O–H groups in total. The van der Waals surface area contributed by atoms with Crippen LogP contribution >= 0.6 is 0 Å². The molecule has 0 radical (unpaired) electrons. The molecule has 0 spiro atoms. The Balaban J connectivity index is 2.48. The average molecular weight is 215 g/mol. The molecule has 0 aromatic carbocycles. The lowest BCUT2D eigenvalue weighted by Gasteiger charge is -2.38. The Bertz CT molecular complexity index is 194. The van der Waals surface area contributed by atoms with Crippen molar-refractivity contribution in [3.63, 3.8) is 0 Å². The van der Waals surface area contributed by atoms with Crippen molar-refractivity contribution in [1.29, 1.82) is 0 Å². The maximum Gasteiger partial charge on any atom is 0.0695 e. The van der Waals surface area contributed by atoms with Gasteiger partial charge < -0.3 is 15.1 Å². The van der Waals surface area contributed by atoms with Gasteiger partial charge in [-0.25, -0.2) is 0 Å². The maximum atomic E-state index is 9.90. The second-order valence-electron chi connectivity index (χ2n) is 5.66. The highest BCUT2D eigenvalue weighted by Gasteiger charge is 2.29. The predicted octanol–water partition coefficient (Wildman–Crippen LogP) is 1.24. The second kappa shape index (κ2) is 5.28. The number of nitrogens with zero attached hydrogens (tertiary/aromatic N) is 1. The lowest BCUT2D eigenvalue weighted by molar-refractivity contribution is 0.00760. The van der Waals surface area contributed by atoms with Crippen molar-refractivity contribution in [2.24, 2.45) is 5.41 Å². The summed E-state index contributed by atoms with van der Waals surface area (Å²) in [5.41, 5.74) is -0.0775. The van der Waals surface area contributed by atoms with E-state index in [2.05, 4.69) is 25.8 Å². The van der Waals surface area contributed by atoms with Crippen molar-refractivity contribution in [2.75, 3.05) is 20.2 Å². The first-order valence-electron chi connectivity index (χ1n) is 5.95. The predicted molar refractivity (Wildman–Crippen MR) is 61.8 cm³/mol. The molecule has 1 saturated carbocycles. The maximum absolute atomic E-state index is 9.90. The third-order valence-corrected chi connectivity index (χ3v) is 3.37. The molecule has 1 aliphatic carbocycles. The zero-order valence-electron chi connectivity index (χ0n) is 10.2. The molecule has 0 amide bonds. The van der Waals surface area contributed by atoms with Crippen molar-refractivity contribution in [2.45, 2.75) is 51.7 Å². The van der Waals surface area contributed by atoms with Crippen LogP contribution in [0.15, 0.2) is 0 Å². The Labute approximate surface area is 93.1 Å². The molecule has 0 aromatic heterocycles. The number of rotatable bonds is 4. The minimum atomic E-state index is -0.182. The van der Waals surface area contributed by atoms with Crippen LogP contribution in [0.2, 0.25) is 0 Å². The minimum Gasteiger partial charge on any atom is -0.396 e. The molecule has 0 bridgehead atoms. The number of aliphatic hydroxyl groups is 2. The summed E-state index contributed by atoms with van der Waals surface area (Å²) in [6.45, 7) is 5.14. The van der Waals surface area contributed by atoms with Crippen LogP contribution < -0.4 is 0 Å². The summed E-state index contributed by atoms with van der Waals surface area (Å²) in [7, 11) is 2.05. The standard InChI is InChI=1S/C12H25NO2/c1-12(2,9-14)8-13(3)10-6-4-5-7-11(10)15/h10-11,14-15H,4-9H2,1-3H3. The van der Waals surface area contributed by atoms with Gasteiger partial charge in [-0.05, 0) is 19.9 Å². The van der Waals surface area contributed by atoms with E-state index in [4.69, 9.17) is 0 Å². The summed E-state index contributed by atoms with van der Waals surface area (Å²) in [6, 6.07) is 0.282. The molecule has 0 aliphatic heterocycles. The van der Waals surface area contributed by atoms with E-state index in [-0.39, 0.29) is 24.2 Å². The molecule has 0 heterocycles. The number of hydrogen-bond acceptors (Lipinski definition) is 3. The molecule has 90 valence electrons. The fourth-order valence-corrected chi connectivity index (χ4v) is 2.45. The number of likely N-dealkylation sites (N-methyl/N-ethyl adjacent to an activating group) is 1. The fraction of sp³-hybridized carbons (Fsp3) is 1.00. The monoisotopic (exact) mass is 215 g/mol. The van der Waals surface area contributed by atoms with Crippen LogP contribution in [-0.4, -0.2) is 47.5 Å². The van der Waals surface area contributed by atoms with Gasteiger partial charge in [0, 0.05) is 24.6 Å². The molecule has 1 fully saturated rings. The lowest BCUT2D eigenvalue weighted by Crippen LogP contribution is -2.47. The summed E-state index contributed by atoms with van der Waals surface area (Å²) in [5.74, 6) is 0. The SMILES string of the molecule is CN(CC(C)(C)CO)C1CCCCC1O. The highest BCUT2D eigenvalue weighted by Crippen LogP contribution is 2.25. The van der Waals surface area contributed by atoms with Crippen LogP contribution in [0.4, 0.5) is 0 Å². The van der Waals surface area contributed by atoms with Gasteiger partial charge in [0.05, 0.1) is 6.10 Å². The van der Waals surface area contributed by atoms with Gasteiger partial charge >= 0.3 is 0 Å². The van der Waals surface area contributed by atoms with Gasteiger partial charge in [0.1, 0.15) is 0 Å². The van der Waals surface area contributed by atoms with Crippen molar-refractivity contribution in [1.82, 2.24) is 4.90 Å². The van der Waals surface area contributed by atoms with Crippen molar-refractivity contribution >= 4 is 0 Å². The number of aliphatic hydroxyl groups excluding tert-OH is 2. The normalized spacial score (nSPS) is 28.4. The molecule has 15 heavy (non-hydrogen) atoms. The van der Waals surface area contributed by atoms with Gasteiger partial charge in [-0.2, -0.15) is 0 Å². The first-order valence-corrected chi connectivity index (χ1v) is 5.95. The van der Waals surface area contributed by atoms with E-state index in [9.17, 15) is 10.2 Å². The third-order valence-electron chi connectivity index (χ3n) is 3.37. The Morgan fingerprint density at radius 2 is 1.87 bits per heavy atom. The summed E-state index contributed by atoms with van der Waals surface area (Å²) < 4.78 is 0. The van der Waals surface area contributed by atoms with Crippen LogP contribution in [0.3, 0.4) is 0 Å². The molecule has 2 unspecified atom stereocenters. The van der Waals surface area contributed by atoms with E-state index >= 15 is 0 Å². The second-order valence-corrected chi connectivity index (χ2v) is 5.66. The smallest absolute Gasteiger partial charge is 0.0695 e. The first-order chi connectivity index (χ1) is 6.96. The van der Waals surface area contributed by atoms with Crippen LogP contribution in [0.25, 0.3) is 0 Å². The highest BCUT2D eigenvalue weighted by molar-refractivity contribution is 4.84. The number of hydrogen-bond donors (Lipinski definition) is 2. The fourth-order valence-electron chi connectivity index (χ4n) is 2.45. The zero-order chi connectivity index (χ0) is 11.5. The van der Waals surface area contributed by atoms with Gasteiger partial charge in [-0.1, -0.05) is 26.7 Å². The van der Waals surface area contributed by atoms with Crippen LogP contribution in [0, 0.1) is 5.41 Å². The summed E-state index contributed by atoms with van der Waals surface area (Å²) >= 11 is 0. The summed E-state index contributed by atoms with van der Waals surface area (Å²) in [6.07, 6.45) is 4.19. The quantitative estimate of drug-likeness (QED) is 0.741. The third kappa shape index (κ3) is 3.74.